The second kappa shape index (κ2) is 6.74. The summed E-state index contributed by atoms with van der Waals surface area (Å²) in [7, 11) is 0. The molecule has 0 aliphatic carbocycles. The lowest BCUT2D eigenvalue weighted by Gasteiger charge is -2.35. The lowest BCUT2D eigenvalue weighted by atomic mass is 10.2. The molecule has 1 aromatic carbocycles. The number of hydrogen-bond donors (Lipinski definition) is 0. The number of aromatic nitrogens is 2. The number of fused-ring (bicyclic) bond motifs is 1. The summed E-state index contributed by atoms with van der Waals surface area (Å²) in [6.07, 6.45) is 1.64. The van der Waals surface area contributed by atoms with Crippen LogP contribution in [0.15, 0.2) is 40.4 Å². The Balaban J connectivity index is 1.43. The van der Waals surface area contributed by atoms with E-state index in [9.17, 15) is 4.39 Å². The first-order chi connectivity index (χ1) is 11.7. The standard InChI is InChI=1S/C17H16BrFN4S/c18-14-2-1-12(9-15(14)19)10-22-4-6-23(7-5-22)16-13-3-8-24-17(13)21-11-20-16/h1-3,8-9,11H,4-7,10H2. The second-order valence-electron chi connectivity index (χ2n) is 5.85. The highest BCUT2D eigenvalue weighted by Gasteiger charge is 2.20. The molecule has 0 atom stereocenters. The monoisotopic (exact) mass is 406 g/mol. The van der Waals surface area contributed by atoms with Crippen LogP contribution in [0.1, 0.15) is 5.56 Å². The third-order valence-corrected chi connectivity index (χ3v) is 5.77. The van der Waals surface area contributed by atoms with Crippen LogP contribution in [-0.2, 0) is 6.54 Å². The molecule has 0 spiro atoms. The van der Waals surface area contributed by atoms with Gasteiger partial charge in [0.25, 0.3) is 0 Å². The van der Waals surface area contributed by atoms with Crippen molar-refractivity contribution in [1.82, 2.24) is 14.9 Å². The number of nitrogens with zero attached hydrogens (tertiary/aromatic N) is 4. The van der Waals surface area contributed by atoms with Crippen molar-refractivity contribution >= 4 is 43.3 Å². The zero-order valence-electron chi connectivity index (χ0n) is 13.0. The number of thiophene rings is 1. The smallest absolute Gasteiger partial charge is 0.140 e. The minimum atomic E-state index is -0.202. The Morgan fingerprint density at radius 1 is 1.12 bits per heavy atom. The number of rotatable bonds is 3. The minimum Gasteiger partial charge on any atom is -0.353 e. The molecule has 0 bridgehead atoms. The van der Waals surface area contributed by atoms with Crippen LogP contribution in [-0.4, -0.2) is 41.0 Å². The van der Waals surface area contributed by atoms with Crippen molar-refractivity contribution in [3.8, 4) is 0 Å². The third-order valence-electron chi connectivity index (χ3n) is 4.30. The van der Waals surface area contributed by atoms with E-state index in [1.807, 2.05) is 6.07 Å². The highest BCUT2D eigenvalue weighted by molar-refractivity contribution is 9.10. The molecule has 7 heteroatoms. The van der Waals surface area contributed by atoms with Crippen LogP contribution >= 0.6 is 27.3 Å². The van der Waals surface area contributed by atoms with Gasteiger partial charge in [0.1, 0.15) is 22.8 Å². The molecule has 1 saturated heterocycles. The lowest BCUT2D eigenvalue weighted by Crippen LogP contribution is -2.46. The molecule has 0 N–H and O–H groups in total. The maximum atomic E-state index is 13.6. The van der Waals surface area contributed by atoms with E-state index in [0.717, 1.165) is 54.3 Å². The van der Waals surface area contributed by atoms with Crippen molar-refractivity contribution in [2.45, 2.75) is 6.54 Å². The first kappa shape index (κ1) is 15.9. The molecule has 0 saturated carbocycles. The van der Waals surface area contributed by atoms with Crippen molar-refractivity contribution in [1.29, 1.82) is 0 Å². The second-order valence-corrected chi connectivity index (χ2v) is 7.60. The Bertz CT molecular complexity index is 861. The minimum absolute atomic E-state index is 0.202. The summed E-state index contributed by atoms with van der Waals surface area (Å²) in [5.41, 5.74) is 1.01. The van der Waals surface area contributed by atoms with Crippen LogP contribution in [0.25, 0.3) is 10.2 Å². The van der Waals surface area contributed by atoms with Crippen LogP contribution in [0.2, 0.25) is 0 Å². The highest BCUT2D eigenvalue weighted by Crippen LogP contribution is 2.27. The van der Waals surface area contributed by atoms with Crippen molar-refractivity contribution < 1.29 is 4.39 Å². The molecule has 1 aliphatic heterocycles. The molecule has 4 nitrogen and oxygen atoms in total. The molecule has 3 heterocycles. The SMILES string of the molecule is Fc1cc(CN2CCN(c3ncnc4sccc34)CC2)ccc1Br. The van der Waals surface area contributed by atoms with Crippen molar-refractivity contribution in [3.05, 3.63) is 51.8 Å². The quantitative estimate of drug-likeness (QED) is 0.659. The van der Waals surface area contributed by atoms with E-state index in [2.05, 4.69) is 47.1 Å². The van der Waals surface area contributed by atoms with Gasteiger partial charge in [0, 0.05) is 32.7 Å². The van der Waals surface area contributed by atoms with Gasteiger partial charge in [-0.15, -0.1) is 11.3 Å². The lowest BCUT2D eigenvalue weighted by molar-refractivity contribution is 0.249. The van der Waals surface area contributed by atoms with E-state index in [1.165, 1.54) is 0 Å². The Hall–Kier alpha value is -1.57. The summed E-state index contributed by atoms with van der Waals surface area (Å²) in [5, 5.41) is 3.19. The normalized spacial score (nSPS) is 16.0. The van der Waals surface area contributed by atoms with Crippen molar-refractivity contribution in [3.63, 3.8) is 0 Å². The first-order valence-electron chi connectivity index (χ1n) is 7.80. The van der Waals surface area contributed by atoms with Crippen LogP contribution < -0.4 is 4.90 Å². The predicted molar refractivity (Wildman–Crippen MR) is 99.0 cm³/mol. The van der Waals surface area contributed by atoms with Gasteiger partial charge in [0.05, 0.1) is 9.86 Å². The summed E-state index contributed by atoms with van der Waals surface area (Å²) < 4.78 is 14.2. The molecule has 24 heavy (non-hydrogen) atoms. The fraction of sp³-hybridized carbons (Fsp3) is 0.294. The maximum absolute atomic E-state index is 13.6. The Morgan fingerprint density at radius 3 is 2.75 bits per heavy atom. The molecular formula is C17H16BrFN4S. The summed E-state index contributed by atoms with van der Waals surface area (Å²) in [6, 6.07) is 7.44. The Morgan fingerprint density at radius 2 is 1.96 bits per heavy atom. The predicted octanol–water partition coefficient (Wildman–Crippen LogP) is 3.92. The molecule has 4 rings (SSSR count). The average Bonchev–Trinajstić information content (AvgIpc) is 3.08. The number of halogens is 2. The molecule has 2 aromatic heterocycles. The Kier molecular flexibility index (Phi) is 4.47. The van der Waals surface area contributed by atoms with E-state index >= 15 is 0 Å². The van der Waals surface area contributed by atoms with Gasteiger partial charge in [-0.1, -0.05) is 6.07 Å². The van der Waals surface area contributed by atoms with Gasteiger partial charge in [0.15, 0.2) is 0 Å². The topological polar surface area (TPSA) is 32.3 Å². The fourth-order valence-electron chi connectivity index (χ4n) is 3.04. The van der Waals surface area contributed by atoms with E-state index in [0.29, 0.717) is 4.47 Å². The van der Waals surface area contributed by atoms with Crippen molar-refractivity contribution in [2.75, 3.05) is 31.1 Å². The molecule has 0 unspecified atom stereocenters. The summed E-state index contributed by atoms with van der Waals surface area (Å²) in [5.74, 6) is 0.822. The van der Waals surface area contributed by atoms with Crippen LogP contribution in [0.3, 0.4) is 0 Å². The van der Waals surface area contributed by atoms with Crippen LogP contribution in [0.4, 0.5) is 10.2 Å². The third kappa shape index (κ3) is 3.16. The maximum Gasteiger partial charge on any atom is 0.140 e. The first-order valence-corrected chi connectivity index (χ1v) is 9.47. The summed E-state index contributed by atoms with van der Waals surface area (Å²) in [6.45, 7) is 4.48. The van der Waals surface area contributed by atoms with Gasteiger partial charge in [-0.3, -0.25) is 4.90 Å². The zero-order chi connectivity index (χ0) is 16.5. The van der Waals surface area contributed by atoms with Gasteiger partial charge in [-0.25, -0.2) is 14.4 Å². The zero-order valence-corrected chi connectivity index (χ0v) is 15.4. The van der Waals surface area contributed by atoms with Gasteiger partial charge < -0.3 is 4.90 Å². The van der Waals surface area contributed by atoms with Gasteiger partial charge in [-0.05, 0) is 45.1 Å². The highest BCUT2D eigenvalue weighted by atomic mass is 79.9. The van der Waals surface area contributed by atoms with E-state index in [1.54, 1.807) is 29.8 Å². The summed E-state index contributed by atoms with van der Waals surface area (Å²) >= 11 is 4.84. The van der Waals surface area contributed by atoms with Crippen molar-refractivity contribution in [2.24, 2.45) is 0 Å². The number of benzene rings is 1. The molecule has 124 valence electrons. The number of anilines is 1. The fourth-order valence-corrected chi connectivity index (χ4v) is 4.02. The molecule has 3 aromatic rings. The molecular weight excluding hydrogens is 391 g/mol. The molecule has 0 radical (unpaired) electrons. The number of piperazine rings is 1. The van der Waals surface area contributed by atoms with E-state index in [-0.39, 0.29) is 5.82 Å². The molecule has 1 aliphatic rings. The average molecular weight is 407 g/mol. The van der Waals surface area contributed by atoms with E-state index in [4.69, 9.17) is 0 Å². The van der Waals surface area contributed by atoms with Gasteiger partial charge in [0.2, 0.25) is 0 Å². The van der Waals surface area contributed by atoms with Crippen LogP contribution in [0, 0.1) is 5.82 Å². The van der Waals surface area contributed by atoms with Crippen LogP contribution in [0.5, 0.6) is 0 Å². The largest absolute Gasteiger partial charge is 0.353 e. The summed E-state index contributed by atoms with van der Waals surface area (Å²) in [4.78, 5) is 14.5. The Labute approximate surface area is 152 Å². The number of hydrogen-bond acceptors (Lipinski definition) is 5. The van der Waals surface area contributed by atoms with Gasteiger partial charge in [-0.2, -0.15) is 0 Å². The molecule has 1 fully saturated rings. The van der Waals surface area contributed by atoms with E-state index < -0.39 is 0 Å². The van der Waals surface area contributed by atoms with Gasteiger partial charge >= 0.3 is 0 Å². The molecule has 0 amide bonds.